The number of hydrogen-bond donors (Lipinski definition) is 3. The number of aliphatic hydroxyl groups is 3. The largest absolute Gasteiger partial charge is 0.493 e. The fraction of sp³-hybridized carbons (Fsp3) is 0.633. The molecule has 2 saturated carbocycles. The Hall–Kier alpha value is -2.79. The Morgan fingerprint density at radius 3 is 2.30 bits per heavy atom. The molecule has 1 saturated heterocycles. The summed E-state index contributed by atoms with van der Waals surface area (Å²) in [5.41, 5.74) is -5.93. The maximum absolute atomic E-state index is 14.6. The number of carbonyl (C=O) groups excluding carboxylic acids is 3. The molecule has 5 rings (SSSR count). The Balaban J connectivity index is 1.84. The van der Waals surface area contributed by atoms with E-state index in [1.54, 1.807) is 51.1 Å². The molecule has 0 spiro atoms. The van der Waals surface area contributed by atoms with Gasteiger partial charge in [-0.2, -0.15) is 0 Å². The predicted octanol–water partition coefficient (Wildman–Crippen LogP) is 1.94. The molecule has 2 bridgehead atoms. The molecule has 1 unspecified atom stereocenters. The highest BCUT2D eigenvalue weighted by Gasteiger charge is 2.77. The van der Waals surface area contributed by atoms with Gasteiger partial charge in [0, 0.05) is 31.1 Å². The van der Waals surface area contributed by atoms with Crippen molar-refractivity contribution in [3.8, 4) is 0 Å². The number of Topliss-reactive ketones (excluding diaryl/α,β-unsaturated/α-hetero) is 1. The van der Waals surface area contributed by atoms with Gasteiger partial charge in [-0.3, -0.25) is 9.59 Å². The number of aliphatic hydroxyl groups excluding tert-OH is 2. The summed E-state index contributed by atoms with van der Waals surface area (Å²) < 4.78 is 23.6. The van der Waals surface area contributed by atoms with Crippen LogP contribution in [0.3, 0.4) is 0 Å². The molecule has 0 amide bonds. The van der Waals surface area contributed by atoms with Crippen molar-refractivity contribution in [1.29, 1.82) is 0 Å². The van der Waals surface area contributed by atoms with Crippen molar-refractivity contribution < 1.29 is 48.7 Å². The molecule has 1 aromatic carbocycles. The van der Waals surface area contributed by atoms with Gasteiger partial charge in [-0.1, -0.05) is 39.0 Å². The Kier molecular flexibility index (Phi) is 6.73. The summed E-state index contributed by atoms with van der Waals surface area (Å²) in [4.78, 5) is 40.8. The summed E-state index contributed by atoms with van der Waals surface area (Å²) >= 11 is 0. The highest BCUT2D eigenvalue weighted by atomic mass is 16.6. The summed E-state index contributed by atoms with van der Waals surface area (Å²) in [7, 11) is 1.34. The SMILES string of the molecule is COC1=C2C(C)[C@@H](O)C[C@@](O)([C@@H](OC(=O)c3ccccc3)[C@@H]3[C@]4(OC(C)=O)CO[C@@H]4C[C@H](O)[C@@]3(C)C1=O)C2(C)C. The van der Waals surface area contributed by atoms with Gasteiger partial charge in [0.2, 0.25) is 5.78 Å². The third-order valence-electron chi connectivity index (χ3n) is 10.2. The molecule has 40 heavy (non-hydrogen) atoms. The summed E-state index contributed by atoms with van der Waals surface area (Å²) in [6, 6.07) is 8.19. The number of allylic oxidation sites excluding steroid dienone is 1. The first-order chi connectivity index (χ1) is 18.7. The minimum atomic E-state index is -1.99. The zero-order valence-corrected chi connectivity index (χ0v) is 23.7. The van der Waals surface area contributed by atoms with Gasteiger partial charge in [-0.05, 0) is 24.6 Å². The van der Waals surface area contributed by atoms with E-state index in [0.717, 1.165) is 0 Å². The van der Waals surface area contributed by atoms with Gasteiger partial charge in [0.1, 0.15) is 17.8 Å². The monoisotopic (exact) mass is 558 g/mol. The summed E-state index contributed by atoms with van der Waals surface area (Å²) in [5, 5.41) is 35.7. The number of carbonyl (C=O) groups is 3. The second-order valence-electron chi connectivity index (χ2n) is 12.4. The van der Waals surface area contributed by atoms with Gasteiger partial charge in [0.05, 0.1) is 42.8 Å². The van der Waals surface area contributed by atoms with Crippen molar-refractivity contribution in [1.82, 2.24) is 0 Å². The number of ether oxygens (including phenoxy) is 4. The fourth-order valence-electron chi connectivity index (χ4n) is 7.85. The number of benzene rings is 1. The molecule has 4 aliphatic rings. The minimum Gasteiger partial charge on any atom is -0.493 e. The van der Waals surface area contributed by atoms with Gasteiger partial charge >= 0.3 is 11.9 Å². The number of methoxy groups -OCH3 is 1. The topological polar surface area (TPSA) is 149 Å². The smallest absolute Gasteiger partial charge is 0.338 e. The van der Waals surface area contributed by atoms with E-state index in [0.29, 0.717) is 5.57 Å². The van der Waals surface area contributed by atoms with Gasteiger partial charge in [0.15, 0.2) is 11.4 Å². The highest BCUT2D eigenvalue weighted by Crippen LogP contribution is 2.64. The van der Waals surface area contributed by atoms with Crippen molar-refractivity contribution >= 4 is 17.7 Å². The Morgan fingerprint density at radius 1 is 1.10 bits per heavy atom. The van der Waals surface area contributed by atoms with Crippen molar-refractivity contribution in [3.05, 3.63) is 47.2 Å². The molecule has 3 fully saturated rings. The average Bonchev–Trinajstić information content (AvgIpc) is 2.89. The zero-order chi connectivity index (χ0) is 29.4. The molecule has 0 radical (unpaired) electrons. The fourth-order valence-corrected chi connectivity index (χ4v) is 7.85. The summed E-state index contributed by atoms with van der Waals surface area (Å²) in [6.45, 7) is 7.81. The molecule has 9 atom stereocenters. The average molecular weight is 559 g/mol. The molecule has 3 N–H and O–H groups in total. The van der Waals surface area contributed by atoms with Crippen LogP contribution in [-0.4, -0.2) is 82.4 Å². The van der Waals surface area contributed by atoms with Crippen LogP contribution in [0, 0.1) is 22.7 Å². The van der Waals surface area contributed by atoms with Crippen molar-refractivity contribution in [2.75, 3.05) is 13.7 Å². The number of esters is 2. The van der Waals surface area contributed by atoms with Gasteiger partial charge in [-0.25, -0.2) is 4.79 Å². The Morgan fingerprint density at radius 2 is 1.75 bits per heavy atom. The zero-order valence-electron chi connectivity index (χ0n) is 23.7. The van der Waals surface area contributed by atoms with Crippen molar-refractivity contribution in [3.63, 3.8) is 0 Å². The van der Waals surface area contributed by atoms with Crippen LogP contribution in [0.1, 0.15) is 57.8 Å². The van der Waals surface area contributed by atoms with Crippen LogP contribution in [0.2, 0.25) is 0 Å². The predicted molar refractivity (Wildman–Crippen MR) is 140 cm³/mol. The molecular weight excluding hydrogens is 520 g/mol. The lowest BCUT2D eigenvalue weighted by atomic mass is 9.45. The van der Waals surface area contributed by atoms with Gasteiger partial charge < -0.3 is 34.3 Å². The second kappa shape index (κ2) is 9.37. The molecule has 1 aromatic rings. The van der Waals surface area contributed by atoms with E-state index in [4.69, 9.17) is 18.9 Å². The van der Waals surface area contributed by atoms with Crippen molar-refractivity contribution in [2.45, 2.75) is 83.1 Å². The van der Waals surface area contributed by atoms with E-state index in [1.807, 2.05) is 0 Å². The number of fused-ring (bicyclic) bond motifs is 5. The van der Waals surface area contributed by atoms with Crippen molar-refractivity contribution in [2.24, 2.45) is 22.7 Å². The lowest BCUT2D eigenvalue weighted by molar-refractivity contribution is -0.345. The molecule has 10 nitrogen and oxygen atoms in total. The van der Waals surface area contributed by atoms with Crippen LogP contribution >= 0.6 is 0 Å². The third kappa shape index (κ3) is 3.65. The Bertz CT molecular complexity index is 1260. The molecule has 1 heterocycles. The molecule has 3 aliphatic carbocycles. The Labute approximate surface area is 233 Å². The van der Waals surface area contributed by atoms with E-state index >= 15 is 0 Å². The van der Waals surface area contributed by atoms with Crippen LogP contribution in [-0.2, 0) is 28.5 Å². The highest BCUT2D eigenvalue weighted by molar-refractivity contribution is 6.00. The summed E-state index contributed by atoms with van der Waals surface area (Å²) in [5.74, 6) is -3.94. The quantitative estimate of drug-likeness (QED) is 0.468. The van der Waals surface area contributed by atoms with Crippen LogP contribution in [0.4, 0.5) is 0 Å². The molecule has 10 heteroatoms. The van der Waals surface area contributed by atoms with Crippen LogP contribution < -0.4 is 0 Å². The first-order valence-corrected chi connectivity index (χ1v) is 13.7. The number of hydrogen-bond acceptors (Lipinski definition) is 10. The van der Waals surface area contributed by atoms with E-state index in [1.165, 1.54) is 21.0 Å². The standard InChI is InChI=1S/C30H38O10/c1-15-18(32)13-30(36)25(39-26(35)17-10-8-7-9-11-17)23-28(5,24(34)22(37-6)21(15)27(30,3)4)19(33)12-20-29(23,14-38-20)40-16(2)31/h7-11,15,18-20,23,25,32-33,36H,12-14H2,1-6H3/t15?,18-,19-,20+,23-,25-,28+,29-,30+/m0/s1. The maximum atomic E-state index is 14.6. The third-order valence-corrected chi connectivity index (χ3v) is 10.2. The first-order valence-electron chi connectivity index (χ1n) is 13.7. The molecule has 1 aliphatic heterocycles. The number of ketones is 1. The van der Waals surface area contributed by atoms with Crippen LogP contribution in [0.25, 0.3) is 0 Å². The maximum Gasteiger partial charge on any atom is 0.338 e. The second-order valence-corrected chi connectivity index (χ2v) is 12.4. The normalized spacial score (nSPS) is 41.9. The van der Waals surface area contributed by atoms with Gasteiger partial charge in [0.25, 0.3) is 0 Å². The lowest BCUT2D eigenvalue weighted by Crippen LogP contribution is -2.81. The molecule has 0 aromatic heterocycles. The molecule has 218 valence electrons. The minimum absolute atomic E-state index is 0.0301. The summed E-state index contributed by atoms with van der Waals surface area (Å²) in [6.07, 6.45) is -5.03. The molecular formula is C30H38O10. The van der Waals surface area contributed by atoms with Gasteiger partial charge in [-0.15, -0.1) is 0 Å². The van der Waals surface area contributed by atoms with Crippen LogP contribution in [0.5, 0.6) is 0 Å². The number of rotatable bonds is 4. The van der Waals surface area contributed by atoms with E-state index in [2.05, 4.69) is 0 Å². The first kappa shape index (κ1) is 28.7. The van der Waals surface area contributed by atoms with E-state index in [-0.39, 0.29) is 30.8 Å². The lowest BCUT2D eigenvalue weighted by Gasteiger charge is -2.67. The van der Waals surface area contributed by atoms with E-state index < -0.39 is 76.0 Å². The van der Waals surface area contributed by atoms with E-state index in [9.17, 15) is 29.7 Å². The van der Waals surface area contributed by atoms with Crippen LogP contribution in [0.15, 0.2) is 41.7 Å².